The molecule has 0 aromatic heterocycles. The van der Waals surface area contributed by atoms with Crippen LogP contribution in [-0.4, -0.2) is 39.4 Å². The summed E-state index contributed by atoms with van der Waals surface area (Å²) in [5, 5.41) is 25.1. The maximum atomic E-state index is 13.0. The van der Waals surface area contributed by atoms with Gasteiger partial charge in [-0.1, -0.05) is 50.2 Å². The third-order valence-electron chi connectivity index (χ3n) is 7.22. The first-order chi connectivity index (χ1) is 15.6. The van der Waals surface area contributed by atoms with Crippen LogP contribution in [0.25, 0.3) is 0 Å². The summed E-state index contributed by atoms with van der Waals surface area (Å²) in [7, 11) is 0. The van der Waals surface area contributed by atoms with Crippen molar-refractivity contribution in [3.05, 3.63) is 70.8 Å². The molecule has 4 atom stereocenters. The van der Waals surface area contributed by atoms with E-state index in [1.807, 2.05) is 58.0 Å². The Morgan fingerprint density at radius 1 is 1.21 bits per heavy atom. The van der Waals surface area contributed by atoms with Crippen LogP contribution in [0.3, 0.4) is 0 Å². The highest BCUT2D eigenvalue weighted by Gasteiger charge is 2.42. The second-order valence-corrected chi connectivity index (χ2v) is 9.71. The summed E-state index contributed by atoms with van der Waals surface area (Å²) in [5.41, 5.74) is 2.75. The summed E-state index contributed by atoms with van der Waals surface area (Å²) in [6, 6.07) is 14.0. The second-order valence-electron chi connectivity index (χ2n) is 9.71. The number of aliphatic hydroxyl groups excluding tert-OH is 1. The Kier molecular flexibility index (Phi) is 6.01. The molecule has 1 fully saturated rings. The number of fused-ring (bicyclic) bond motifs is 1. The Morgan fingerprint density at radius 3 is 2.64 bits per heavy atom. The van der Waals surface area contributed by atoms with E-state index < -0.39 is 23.7 Å². The molecule has 2 amide bonds. The van der Waals surface area contributed by atoms with Gasteiger partial charge in [-0.2, -0.15) is 0 Å². The molecule has 1 aliphatic heterocycles. The maximum absolute atomic E-state index is 13.0. The molecular weight excluding hydrogens is 416 g/mol. The van der Waals surface area contributed by atoms with E-state index in [2.05, 4.69) is 10.6 Å². The number of aliphatic hydroxyl groups is 1. The van der Waals surface area contributed by atoms with Crippen molar-refractivity contribution in [2.75, 3.05) is 0 Å². The summed E-state index contributed by atoms with van der Waals surface area (Å²) >= 11 is 0. The standard InChI is InChI=1S/C26H32N4O3/c1-15(2)26(4)14-22(32)30(25(27)29-26)16(3)17-9-7-10-19(12-17)24(33)28-23-20-11-6-5-8-18(20)13-21(23)31/h5-12,15-16,21,23,31H,13-14H2,1-4H3,(H2,27,29)(H,28,33)/t16-,21-,23?,26+/m1/s1. The van der Waals surface area contributed by atoms with Crippen LogP contribution >= 0.6 is 0 Å². The van der Waals surface area contributed by atoms with Crippen LogP contribution in [0.5, 0.6) is 0 Å². The highest BCUT2D eigenvalue weighted by atomic mass is 16.3. The minimum atomic E-state index is -0.666. The SMILES string of the molecule is CC(C)[C@]1(C)CC(=O)N([C@H](C)c2cccc(C(=O)NC3c4ccccc4C[C@H]3O)c2)C(=N)N1. The fourth-order valence-electron chi connectivity index (χ4n) is 4.72. The first-order valence-electron chi connectivity index (χ1n) is 11.5. The molecule has 7 heteroatoms. The van der Waals surface area contributed by atoms with E-state index in [0.29, 0.717) is 18.4 Å². The summed E-state index contributed by atoms with van der Waals surface area (Å²) in [6.45, 7) is 7.90. The van der Waals surface area contributed by atoms with Crippen molar-refractivity contribution in [3.8, 4) is 0 Å². The zero-order valence-electron chi connectivity index (χ0n) is 19.6. The predicted octanol–water partition coefficient (Wildman–Crippen LogP) is 3.31. The van der Waals surface area contributed by atoms with Crippen LogP contribution < -0.4 is 10.6 Å². The lowest BCUT2D eigenvalue weighted by Crippen LogP contribution is -2.63. The molecule has 7 nitrogen and oxygen atoms in total. The normalized spacial score (nSPS) is 25.6. The Labute approximate surface area is 194 Å². The van der Waals surface area contributed by atoms with Gasteiger partial charge < -0.3 is 15.7 Å². The van der Waals surface area contributed by atoms with Gasteiger partial charge in [0.2, 0.25) is 5.91 Å². The van der Waals surface area contributed by atoms with E-state index in [1.54, 1.807) is 18.2 Å². The number of amides is 2. The molecule has 1 aliphatic carbocycles. The molecule has 0 bridgehead atoms. The Balaban J connectivity index is 1.52. The summed E-state index contributed by atoms with van der Waals surface area (Å²) < 4.78 is 0. The topological polar surface area (TPSA) is 106 Å². The molecule has 1 unspecified atom stereocenters. The van der Waals surface area contributed by atoms with Crippen molar-refractivity contribution in [3.63, 3.8) is 0 Å². The van der Waals surface area contributed by atoms with Gasteiger partial charge >= 0.3 is 0 Å². The Hall–Kier alpha value is -3.19. The zero-order chi connectivity index (χ0) is 23.9. The van der Waals surface area contributed by atoms with Gasteiger partial charge in [0, 0.05) is 17.5 Å². The smallest absolute Gasteiger partial charge is 0.251 e. The van der Waals surface area contributed by atoms with Crippen LogP contribution in [0, 0.1) is 11.3 Å². The minimum absolute atomic E-state index is 0.0792. The number of hydrogen-bond donors (Lipinski definition) is 4. The van der Waals surface area contributed by atoms with Crippen LogP contribution in [0.4, 0.5) is 0 Å². The molecule has 0 radical (unpaired) electrons. The number of guanidine groups is 1. The van der Waals surface area contributed by atoms with E-state index >= 15 is 0 Å². The molecule has 2 aliphatic rings. The number of rotatable bonds is 5. The van der Waals surface area contributed by atoms with Crippen LogP contribution in [0.15, 0.2) is 48.5 Å². The van der Waals surface area contributed by atoms with Crippen molar-refractivity contribution < 1.29 is 14.7 Å². The highest BCUT2D eigenvalue weighted by molar-refractivity contribution is 6.00. The molecule has 1 heterocycles. The molecule has 4 N–H and O–H groups in total. The lowest BCUT2D eigenvalue weighted by atomic mass is 9.83. The van der Waals surface area contributed by atoms with Gasteiger partial charge in [0.1, 0.15) is 0 Å². The molecule has 174 valence electrons. The Bertz CT molecular complexity index is 1080. The molecule has 2 aromatic carbocycles. The zero-order valence-corrected chi connectivity index (χ0v) is 19.6. The lowest BCUT2D eigenvalue weighted by molar-refractivity contribution is -0.132. The molecule has 1 saturated heterocycles. The number of nitrogens with one attached hydrogen (secondary N) is 3. The van der Waals surface area contributed by atoms with Crippen molar-refractivity contribution >= 4 is 17.8 Å². The maximum Gasteiger partial charge on any atom is 0.251 e. The fourth-order valence-corrected chi connectivity index (χ4v) is 4.72. The van der Waals surface area contributed by atoms with Crippen LogP contribution in [-0.2, 0) is 11.2 Å². The molecular formula is C26H32N4O3. The second kappa shape index (κ2) is 8.63. The van der Waals surface area contributed by atoms with Gasteiger partial charge in [-0.05, 0) is 48.6 Å². The number of benzene rings is 2. The minimum Gasteiger partial charge on any atom is -0.390 e. The van der Waals surface area contributed by atoms with Gasteiger partial charge in [-0.3, -0.25) is 19.9 Å². The summed E-state index contributed by atoms with van der Waals surface area (Å²) in [4.78, 5) is 27.5. The molecule has 0 saturated carbocycles. The average molecular weight is 449 g/mol. The summed E-state index contributed by atoms with van der Waals surface area (Å²) in [6.07, 6.45) is 0.150. The molecule has 2 aromatic rings. The third kappa shape index (κ3) is 4.25. The van der Waals surface area contributed by atoms with Gasteiger partial charge in [0.15, 0.2) is 5.96 Å². The number of carbonyl (C=O) groups excluding carboxylic acids is 2. The summed E-state index contributed by atoms with van der Waals surface area (Å²) in [5.74, 6) is -0.115. The molecule has 33 heavy (non-hydrogen) atoms. The number of hydrogen-bond acceptors (Lipinski definition) is 4. The van der Waals surface area contributed by atoms with Crippen LogP contribution in [0.2, 0.25) is 0 Å². The quantitative estimate of drug-likeness (QED) is 0.563. The number of carbonyl (C=O) groups is 2. The fraction of sp³-hybridized carbons (Fsp3) is 0.423. The van der Waals surface area contributed by atoms with Gasteiger partial charge in [0.25, 0.3) is 5.91 Å². The van der Waals surface area contributed by atoms with Crippen molar-refractivity contribution in [2.45, 2.75) is 64.3 Å². The molecule has 4 rings (SSSR count). The van der Waals surface area contributed by atoms with Crippen molar-refractivity contribution in [1.29, 1.82) is 5.41 Å². The van der Waals surface area contributed by atoms with Crippen molar-refractivity contribution in [2.24, 2.45) is 5.92 Å². The number of nitrogens with zero attached hydrogens (tertiary/aromatic N) is 1. The van der Waals surface area contributed by atoms with E-state index in [1.165, 1.54) is 4.90 Å². The van der Waals surface area contributed by atoms with E-state index in [0.717, 1.165) is 16.7 Å². The van der Waals surface area contributed by atoms with E-state index in [9.17, 15) is 14.7 Å². The van der Waals surface area contributed by atoms with Crippen LogP contribution in [0.1, 0.15) is 73.2 Å². The average Bonchev–Trinajstić information content (AvgIpc) is 3.08. The first-order valence-corrected chi connectivity index (χ1v) is 11.5. The molecule has 0 spiro atoms. The third-order valence-corrected chi connectivity index (χ3v) is 7.22. The first kappa shape index (κ1) is 23.0. The van der Waals surface area contributed by atoms with Crippen molar-refractivity contribution in [1.82, 2.24) is 15.5 Å². The Morgan fingerprint density at radius 2 is 1.94 bits per heavy atom. The highest BCUT2D eigenvalue weighted by Crippen LogP contribution is 2.33. The van der Waals surface area contributed by atoms with Gasteiger partial charge in [-0.25, -0.2) is 0 Å². The van der Waals surface area contributed by atoms with Gasteiger partial charge in [0.05, 0.1) is 24.6 Å². The predicted molar refractivity (Wildman–Crippen MR) is 127 cm³/mol. The van der Waals surface area contributed by atoms with E-state index in [-0.39, 0.29) is 23.7 Å². The van der Waals surface area contributed by atoms with E-state index in [4.69, 9.17) is 5.41 Å². The lowest BCUT2D eigenvalue weighted by Gasteiger charge is -2.45. The van der Waals surface area contributed by atoms with Gasteiger partial charge in [-0.15, -0.1) is 0 Å². The largest absolute Gasteiger partial charge is 0.390 e. The monoisotopic (exact) mass is 448 g/mol.